The minimum absolute atomic E-state index is 0.257. The summed E-state index contributed by atoms with van der Waals surface area (Å²) in [5.74, 6) is 0. The van der Waals surface area contributed by atoms with E-state index < -0.39 is 9.84 Å². The van der Waals surface area contributed by atoms with Gasteiger partial charge in [0.1, 0.15) is 0 Å². The molecule has 0 saturated heterocycles. The Kier molecular flexibility index (Phi) is 6.90. The van der Waals surface area contributed by atoms with Crippen molar-refractivity contribution in [2.45, 2.75) is 31.8 Å². The normalized spacial score (nSPS) is 13.1. The average molecular weight is 358 g/mol. The Morgan fingerprint density at radius 2 is 2.09 bits per heavy atom. The molecule has 0 aromatic carbocycles. The van der Waals surface area contributed by atoms with Crippen LogP contribution in [0.2, 0.25) is 0 Å². The van der Waals surface area contributed by atoms with Crippen molar-refractivity contribution in [3.8, 4) is 0 Å². The largest absolute Gasteiger partial charge is 0.324 e. The van der Waals surface area contributed by atoms with Crippen LogP contribution < -0.4 is 0 Å². The SMILES string of the molecule is CCCc1cnc(S(C)(=O)=O)nc1C(/C=C(\C)Cl)=C/N(C)C=O. The van der Waals surface area contributed by atoms with Crippen LogP contribution in [-0.2, 0) is 21.1 Å². The molecule has 6 nitrogen and oxygen atoms in total. The summed E-state index contributed by atoms with van der Waals surface area (Å²) in [5.41, 5.74) is 1.79. The Balaban J connectivity index is 3.63. The van der Waals surface area contributed by atoms with Crippen LogP contribution in [0.4, 0.5) is 0 Å². The summed E-state index contributed by atoms with van der Waals surface area (Å²) in [4.78, 5) is 20.3. The number of carbonyl (C=O) groups is 1. The Hall–Kier alpha value is -1.73. The average Bonchev–Trinajstić information content (AvgIpc) is 2.45. The molecule has 0 saturated carbocycles. The first-order valence-corrected chi connectivity index (χ1v) is 9.25. The fourth-order valence-electron chi connectivity index (χ4n) is 1.90. The van der Waals surface area contributed by atoms with Gasteiger partial charge in [0.15, 0.2) is 0 Å². The third-order valence-corrected chi connectivity index (χ3v) is 3.80. The van der Waals surface area contributed by atoms with E-state index in [1.54, 1.807) is 26.2 Å². The summed E-state index contributed by atoms with van der Waals surface area (Å²) in [6.07, 6.45) is 7.90. The highest BCUT2D eigenvalue weighted by Crippen LogP contribution is 2.23. The lowest BCUT2D eigenvalue weighted by atomic mass is 10.0. The van der Waals surface area contributed by atoms with Crippen LogP contribution in [0.3, 0.4) is 0 Å². The summed E-state index contributed by atoms with van der Waals surface area (Å²) < 4.78 is 23.4. The molecule has 1 rings (SSSR count). The van der Waals surface area contributed by atoms with Gasteiger partial charge in [0.25, 0.3) is 0 Å². The molecule has 0 N–H and O–H groups in total. The van der Waals surface area contributed by atoms with E-state index in [1.165, 1.54) is 11.1 Å². The predicted octanol–water partition coefficient (Wildman–Crippen LogP) is 2.40. The molecular formula is C15H20ClN3O3S. The number of hydrogen-bond acceptors (Lipinski definition) is 5. The number of amides is 1. The number of allylic oxidation sites excluding steroid dienone is 3. The third-order valence-electron chi connectivity index (χ3n) is 2.83. The van der Waals surface area contributed by atoms with Crippen molar-refractivity contribution in [1.29, 1.82) is 0 Å². The van der Waals surface area contributed by atoms with E-state index in [9.17, 15) is 13.2 Å². The molecule has 0 fully saturated rings. The number of nitrogens with zero attached hydrogens (tertiary/aromatic N) is 3. The molecule has 0 atom stereocenters. The molecule has 0 aliphatic carbocycles. The predicted molar refractivity (Wildman–Crippen MR) is 90.6 cm³/mol. The Morgan fingerprint density at radius 3 is 2.57 bits per heavy atom. The van der Waals surface area contributed by atoms with Gasteiger partial charge in [-0.05, 0) is 25.0 Å². The van der Waals surface area contributed by atoms with Crippen LogP contribution in [0.25, 0.3) is 5.57 Å². The molecule has 23 heavy (non-hydrogen) atoms. The van der Waals surface area contributed by atoms with E-state index in [4.69, 9.17) is 11.6 Å². The van der Waals surface area contributed by atoms with Crippen molar-refractivity contribution >= 4 is 33.4 Å². The number of carbonyl (C=O) groups excluding carboxylic acids is 1. The topological polar surface area (TPSA) is 80.2 Å². The maximum Gasteiger partial charge on any atom is 0.247 e. The maximum absolute atomic E-state index is 11.7. The molecule has 1 aromatic rings. The highest BCUT2D eigenvalue weighted by molar-refractivity contribution is 7.90. The van der Waals surface area contributed by atoms with Crippen molar-refractivity contribution in [1.82, 2.24) is 14.9 Å². The lowest BCUT2D eigenvalue weighted by Gasteiger charge is -2.12. The lowest BCUT2D eigenvalue weighted by Crippen LogP contribution is -2.11. The molecule has 8 heteroatoms. The van der Waals surface area contributed by atoms with E-state index in [0.29, 0.717) is 29.1 Å². The molecule has 0 aliphatic rings. The van der Waals surface area contributed by atoms with Gasteiger partial charge in [-0.25, -0.2) is 18.4 Å². The molecule has 0 unspecified atom stereocenters. The van der Waals surface area contributed by atoms with E-state index in [-0.39, 0.29) is 5.16 Å². The molecule has 0 bridgehead atoms. The zero-order valence-electron chi connectivity index (χ0n) is 13.6. The Bertz CT molecular complexity index is 738. The molecule has 1 heterocycles. The van der Waals surface area contributed by atoms with Gasteiger partial charge in [0, 0.05) is 36.3 Å². The summed E-state index contributed by atoms with van der Waals surface area (Å²) in [7, 11) is -1.97. The van der Waals surface area contributed by atoms with Crippen LogP contribution >= 0.6 is 11.6 Å². The monoisotopic (exact) mass is 357 g/mol. The number of rotatable bonds is 7. The van der Waals surface area contributed by atoms with Crippen LogP contribution in [0.5, 0.6) is 0 Å². The minimum atomic E-state index is -3.54. The fourth-order valence-corrected chi connectivity index (χ4v) is 2.52. The smallest absolute Gasteiger partial charge is 0.247 e. The fraction of sp³-hybridized carbons (Fsp3) is 0.400. The zero-order valence-corrected chi connectivity index (χ0v) is 15.1. The number of aromatic nitrogens is 2. The van der Waals surface area contributed by atoms with Gasteiger partial charge in [-0.15, -0.1) is 0 Å². The third kappa shape index (κ3) is 5.76. The van der Waals surface area contributed by atoms with E-state index in [0.717, 1.165) is 18.2 Å². The van der Waals surface area contributed by atoms with Gasteiger partial charge in [0.05, 0.1) is 5.69 Å². The Morgan fingerprint density at radius 1 is 1.43 bits per heavy atom. The summed E-state index contributed by atoms with van der Waals surface area (Å²) in [5, 5.41) is 0.227. The molecule has 126 valence electrons. The van der Waals surface area contributed by atoms with E-state index >= 15 is 0 Å². The van der Waals surface area contributed by atoms with Crippen molar-refractivity contribution in [2.75, 3.05) is 13.3 Å². The van der Waals surface area contributed by atoms with Gasteiger partial charge in [-0.3, -0.25) is 4.79 Å². The van der Waals surface area contributed by atoms with Gasteiger partial charge in [-0.1, -0.05) is 24.9 Å². The zero-order chi connectivity index (χ0) is 17.6. The molecule has 1 aromatic heterocycles. The van der Waals surface area contributed by atoms with Gasteiger partial charge < -0.3 is 4.90 Å². The molecule has 0 aliphatic heterocycles. The number of aryl methyl sites for hydroxylation is 1. The first kappa shape index (κ1) is 19.3. The quantitative estimate of drug-likeness (QED) is 0.425. The van der Waals surface area contributed by atoms with Crippen LogP contribution in [0, 0.1) is 0 Å². The van der Waals surface area contributed by atoms with E-state index in [2.05, 4.69) is 9.97 Å². The molecular weight excluding hydrogens is 338 g/mol. The standard InChI is InChI=1S/C15H20ClN3O3S/c1-5-6-12-8-17-15(23(4,21)22)18-14(12)13(7-11(2)16)9-19(3)10-20/h7-10H,5-6H2,1-4H3/b11-7+,13-9+. The maximum atomic E-state index is 11.7. The summed E-state index contributed by atoms with van der Waals surface area (Å²) in [6, 6.07) is 0. The second-order valence-electron chi connectivity index (χ2n) is 5.14. The van der Waals surface area contributed by atoms with E-state index in [1.807, 2.05) is 6.92 Å². The van der Waals surface area contributed by atoms with Gasteiger partial charge in [0.2, 0.25) is 21.4 Å². The van der Waals surface area contributed by atoms with Crippen LogP contribution in [0.1, 0.15) is 31.5 Å². The highest BCUT2D eigenvalue weighted by atomic mass is 35.5. The molecule has 0 radical (unpaired) electrons. The van der Waals surface area contributed by atoms with Crippen molar-refractivity contribution < 1.29 is 13.2 Å². The van der Waals surface area contributed by atoms with Gasteiger partial charge in [-0.2, -0.15) is 0 Å². The second-order valence-corrected chi connectivity index (χ2v) is 7.64. The molecule has 1 amide bonds. The first-order valence-electron chi connectivity index (χ1n) is 6.98. The first-order chi connectivity index (χ1) is 10.7. The van der Waals surface area contributed by atoms with Crippen molar-refractivity contribution in [3.05, 3.63) is 34.8 Å². The Labute approximate surface area is 141 Å². The summed E-state index contributed by atoms with van der Waals surface area (Å²) >= 11 is 5.96. The second kappa shape index (κ2) is 8.21. The number of sulfone groups is 1. The lowest BCUT2D eigenvalue weighted by molar-refractivity contribution is -0.114. The molecule has 0 spiro atoms. The summed E-state index contributed by atoms with van der Waals surface area (Å²) in [6.45, 7) is 3.69. The minimum Gasteiger partial charge on any atom is -0.324 e. The van der Waals surface area contributed by atoms with Gasteiger partial charge >= 0.3 is 0 Å². The highest BCUT2D eigenvalue weighted by Gasteiger charge is 2.17. The van der Waals surface area contributed by atoms with Crippen molar-refractivity contribution in [2.24, 2.45) is 0 Å². The number of halogens is 1. The van der Waals surface area contributed by atoms with Crippen molar-refractivity contribution in [3.63, 3.8) is 0 Å². The van der Waals surface area contributed by atoms with Crippen LogP contribution in [-0.4, -0.2) is 43.0 Å². The van der Waals surface area contributed by atoms with Crippen LogP contribution in [0.15, 0.2) is 28.7 Å². The number of hydrogen-bond donors (Lipinski definition) is 0.